The Bertz CT molecular complexity index is 1260. The summed E-state index contributed by atoms with van der Waals surface area (Å²) in [6.07, 6.45) is 3.17. The molecule has 0 aliphatic carbocycles. The van der Waals surface area contributed by atoms with Crippen molar-refractivity contribution in [2.45, 2.75) is 38.6 Å². The van der Waals surface area contributed by atoms with Gasteiger partial charge >= 0.3 is 0 Å². The van der Waals surface area contributed by atoms with E-state index in [4.69, 9.17) is 4.74 Å². The van der Waals surface area contributed by atoms with Gasteiger partial charge in [0.15, 0.2) is 23.5 Å². The lowest BCUT2D eigenvalue weighted by molar-refractivity contribution is -0.112. The number of pyridine rings is 1. The van der Waals surface area contributed by atoms with E-state index in [0.29, 0.717) is 18.7 Å². The topological polar surface area (TPSA) is 107 Å². The van der Waals surface area contributed by atoms with Gasteiger partial charge < -0.3 is 19.3 Å². The highest BCUT2D eigenvalue weighted by Crippen LogP contribution is 2.29. The Kier molecular flexibility index (Phi) is 4.90. The number of hydrogen-bond donors (Lipinski definition) is 1. The molecule has 0 radical (unpaired) electrons. The first-order chi connectivity index (χ1) is 15.4. The molecule has 0 bridgehead atoms. The van der Waals surface area contributed by atoms with Gasteiger partial charge in [0.2, 0.25) is 5.43 Å². The quantitative estimate of drug-likeness (QED) is 0.627. The van der Waals surface area contributed by atoms with Gasteiger partial charge in [0.1, 0.15) is 0 Å². The average Bonchev–Trinajstić information content (AvgIpc) is 3.25. The zero-order chi connectivity index (χ0) is 22.4. The second kappa shape index (κ2) is 7.76. The average molecular weight is 434 g/mol. The molecule has 4 heterocycles. The molecular formula is C23H22N4O5. The minimum Gasteiger partial charge on any atom is -0.503 e. The normalized spacial score (nSPS) is 20.0. The molecule has 2 aromatic heterocycles. The van der Waals surface area contributed by atoms with Crippen LogP contribution in [0.2, 0.25) is 0 Å². The first-order valence-electron chi connectivity index (χ1n) is 10.5. The number of ether oxygens (including phenoxy) is 1. The molecule has 0 spiro atoms. The van der Waals surface area contributed by atoms with E-state index in [1.54, 1.807) is 21.8 Å². The third-order valence-corrected chi connectivity index (χ3v) is 5.98. The number of ketones is 1. The first kappa shape index (κ1) is 20.2. The Morgan fingerprint density at radius 1 is 1.22 bits per heavy atom. The van der Waals surface area contributed by atoms with Crippen molar-refractivity contribution in [3.05, 3.63) is 76.0 Å². The second-order valence-corrected chi connectivity index (χ2v) is 8.08. The summed E-state index contributed by atoms with van der Waals surface area (Å²) < 4.78 is 8.82. The van der Waals surface area contributed by atoms with Gasteiger partial charge in [-0.1, -0.05) is 18.2 Å². The van der Waals surface area contributed by atoms with Gasteiger partial charge in [0.05, 0.1) is 36.5 Å². The maximum atomic E-state index is 13.0. The second-order valence-electron chi connectivity index (χ2n) is 8.08. The number of amides is 1. The predicted octanol–water partition coefficient (Wildman–Crippen LogP) is 1.76. The smallest absolute Gasteiger partial charge is 0.276 e. The lowest BCUT2D eigenvalue weighted by atomic mass is 10.0. The maximum Gasteiger partial charge on any atom is 0.276 e. The van der Waals surface area contributed by atoms with Crippen molar-refractivity contribution < 1.29 is 19.4 Å². The molecule has 1 aromatic carbocycles. The van der Waals surface area contributed by atoms with Gasteiger partial charge in [0.25, 0.3) is 5.91 Å². The van der Waals surface area contributed by atoms with Crippen molar-refractivity contribution in [2.24, 2.45) is 0 Å². The molecule has 5 rings (SSSR count). The van der Waals surface area contributed by atoms with Crippen LogP contribution in [0.1, 0.15) is 39.9 Å². The largest absolute Gasteiger partial charge is 0.503 e. The third kappa shape index (κ3) is 3.31. The molecule has 0 saturated carbocycles. The molecule has 3 aromatic rings. The Balaban J connectivity index is 1.45. The molecule has 1 amide bonds. The minimum absolute atomic E-state index is 0.0643. The fraction of sp³-hybridized carbons (Fsp3) is 0.304. The molecule has 0 unspecified atom stereocenters. The van der Waals surface area contributed by atoms with E-state index in [1.807, 2.05) is 37.3 Å². The Morgan fingerprint density at radius 2 is 2.00 bits per heavy atom. The number of benzene rings is 1. The van der Waals surface area contributed by atoms with Gasteiger partial charge in [-0.3, -0.25) is 14.4 Å². The number of aromatic hydroxyl groups is 1. The van der Waals surface area contributed by atoms with Gasteiger partial charge in [-0.2, -0.15) is 5.10 Å². The maximum absolute atomic E-state index is 13.0. The Morgan fingerprint density at radius 3 is 2.78 bits per heavy atom. The molecule has 32 heavy (non-hydrogen) atoms. The number of carbonyl (C=O) groups excluding carboxylic acids is 2. The van der Waals surface area contributed by atoms with Gasteiger partial charge in [-0.25, -0.2) is 4.68 Å². The number of Topliss-reactive ketones (excluding diaryl/α,β-unsaturated/α-hetero) is 1. The van der Waals surface area contributed by atoms with Crippen molar-refractivity contribution in [1.29, 1.82) is 0 Å². The van der Waals surface area contributed by atoms with Crippen LogP contribution in [0, 0.1) is 0 Å². The minimum atomic E-state index is -0.846. The number of hydrogen-bond acceptors (Lipinski definition) is 6. The molecule has 2 aliphatic heterocycles. The van der Waals surface area contributed by atoms with E-state index < -0.39 is 29.1 Å². The van der Waals surface area contributed by atoms with Crippen LogP contribution in [0.3, 0.4) is 0 Å². The van der Waals surface area contributed by atoms with Crippen LogP contribution >= 0.6 is 0 Å². The van der Waals surface area contributed by atoms with E-state index in [-0.39, 0.29) is 30.3 Å². The zero-order valence-electron chi connectivity index (χ0n) is 17.5. The molecule has 1 N–H and O–H groups in total. The van der Waals surface area contributed by atoms with Crippen LogP contribution in [-0.2, 0) is 17.7 Å². The molecule has 2 aliphatic rings. The molecule has 1 fully saturated rings. The lowest BCUT2D eigenvalue weighted by Gasteiger charge is -2.44. The molecule has 9 heteroatoms. The summed E-state index contributed by atoms with van der Waals surface area (Å²) in [5.74, 6) is -1.65. The molecule has 1 saturated heterocycles. The van der Waals surface area contributed by atoms with Gasteiger partial charge in [-0.15, -0.1) is 0 Å². The van der Waals surface area contributed by atoms with E-state index in [1.165, 1.54) is 10.8 Å². The van der Waals surface area contributed by atoms with Crippen LogP contribution in [0.25, 0.3) is 5.69 Å². The number of aromatic nitrogens is 3. The monoisotopic (exact) mass is 434 g/mol. The summed E-state index contributed by atoms with van der Waals surface area (Å²) in [4.78, 5) is 40.2. The van der Waals surface area contributed by atoms with Crippen LogP contribution in [0.5, 0.6) is 5.75 Å². The number of fused-ring (bicyclic) bond motifs is 2. The van der Waals surface area contributed by atoms with E-state index in [9.17, 15) is 19.5 Å². The zero-order valence-corrected chi connectivity index (χ0v) is 17.5. The van der Waals surface area contributed by atoms with Crippen molar-refractivity contribution in [3.8, 4) is 11.4 Å². The summed E-state index contributed by atoms with van der Waals surface area (Å²) in [6, 6.07) is 11.1. The summed E-state index contributed by atoms with van der Waals surface area (Å²) in [7, 11) is 0. The van der Waals surface area contributed by atoms with Crippen LogP contribution in [0.4, 0.5) is 0 Å². The number of carbonyl (C=O) groups is 2. The standard InChI is InChI=1S/C23H22N4O5/c1-14-8-10-32-19-13-25-12-17(21(29)22(30)20(25)23(31)27(14)19)18(28)11-15-7-9-26(24-15)16-5-3-2-4-6-16/h2-7,9,12,14,19,30H,8,10-11,13H2,1H3/t14-,19+/m1/s1. The predicted molar refractivity (Wildman–Crippen MR) is 114 cm³/mol. The fourth-order valence-corrected chi connectivity index (χ4v) is 4.30. The fourth-order valence-electron chi connectivity index (χ4n) is 4.30. The Labute approximate surface area is 183 Å². The van der Waals surface area contributed by atoms with Crippen LogP contribution in [0.15, 0.2) is 53.6 Å². The SMILES string of the molecule is C[C@@H]1CCO[C@H]2Cn3cc(C(=O)Cc4ccn(-c5ccccc5)n4)c(=O)c(O)c3C(=O)N12. The summed E-state index contributed by atoms with van der Waals surface area (Å²) in [6.45, 7) is 2.67. The number of nitrogens with zero attached hydrogens (tertiary/aromatic N) is 4. The highest BCUT2D eigenvalue weighted by molar-refractivity contribution is 6.00. The number of para-hydroxylation sites is 1. The summed E-state index contributed by atoms with van der Waals surface area (Å²) in [5.41, 5.74) is 0.217. The summed E-state index contributed by atoms with van der Waals surface area (Å²) >= 11 is 0. The Hall–Kier alpha value is -3.72. The van der Waals surface area contributed by atoms with E-state index in [2.05, 4.69) is 5.10 Å². The summed E-state index contributed by atoms with van der Waals surface area (Å²) in [5, 5.41) is 14.9. The van der Waals surface area contributed by atoms with Crippen LogP contribution < -0.4 is 5.43 Å². The van der Waals surface area contributed by atoms with Crippen molar-refractivity contribution in [2.75, 3.05) is 6.61 Å². The van der Waals surface area contributed by atoms with Crippen molar-refractivity contribution in [1.82, 2.24) is 19.2 Å². The molecule has 164 valence electrons. The van der Waals surface area contributed by atoms with Gasteiger partial charge in [0, 0.05) is 18.4 Å². The lowest BCUT2D eigenvalue weighted by Crippen LogP contribution is -2.57. The molecular weight excluding hydrogens is 412 g/mol. The highest BCUT2D eigenvalue weighted by atomic mass is 16.5. The van der Waals surface area contributed by atoms with Crippen molar-refractivity contribution >= 4 is 11.7 Å². The highest BCUT2D eigenvalue weighted by Gasteiger charge is 2.41. The van der Waals surface area contributed by atoms with Gasteiger partial charge in [-0.05, 0) is 31.5 Å². The van der Waals surface area contributed by atoms with Crippen LogP contribution in [-0.4, -0.2) is 54.9 Å². The number of rotatable bonds is 4. The molecule has 9 nitrogen and oxygen atoms in total. The molecule has 2 atom stereocenters. The van der Waals surface area contributed by atoms with Crippen molar-refractivity contribution in [3.63, 3.8) is 0 Å². The van der Waals surface area contributed by atoms with E-state index in [0.717, 1.165) is 5.69 Å². The van der Waals surface area contributed by atoms with E-state index >= 15 is 0 Å². The third-order valence-electron chi connectivity index (χ3n) is 5.98. The first-order valence-corrected chi connectivity index (χ1v) is 10.5.